The molecule has 0 bridgehead atoms. The van der Waals surface area contributed by atoms with Crippen LogP contribution in [0.5, 0.6) is 0 Å². The van der Waals surface area contributed by atoms with E-state index in [1.807, 2.05) is 48.5 Å². The molecule has 1 fully saturated rings. The second-order valence-corrected chi connectivity index (χ2v) is 5.31. The normalized spacial score (nSPS) is 21.1. The Balaban J connectivity index is 1.50. The molecule has 21 heavy (non-hydrogen) atoms. The zero-order valence-electron chi connectivity index (χ0n) is 11.9. The molecule has 0 aromatic heterocycles. The second kappa shape index (κ2) is 6.55. The molecule has 1 N–H and O–H groups in total. The van der Waals surface area contributed by atoms with Gasteiger partial charge in [-0.1, -0.05) is 48.5 Å². The molecule has 3 nitrogen and oxygen atoms in total. The number of hydrogen-bond donors (Lipinski definition) is 1. The Labute approximate surface area is 124 Å². The Morgan fingerprint density at radius 1 is 1.00 bits per heavy atom. The summed E-state index contributed by atoms with van der Waals surface area (Å²) in [6, 6.07) is 19.5. The van der Waals surface area contributed by atoms with E-state index in [4.69, 9.17) is 4.74 Å². The fourth-order valence-corrected chi connectivity index (χ4v) is 2.67. The molecule has 0 spiro atoms. The topological polar surface area (TPSA) is 38.3 Å². The zero-order chi connectivity index (χ0) is 14.5. The van der Waals surface area contributed by atoms with E-state index in [1.165, 1.54) is 5.56 Å². The average molecular weight is 281 g/mol. The Morgan fingerprint density at radius 2 is 1.67 bits per heavy atom. The molecular weight excluding hydrogens is 262 g/mol. The van der Waals surface area contributed by atoms with Crippen LogP contribution in [-0.4, -0.2) is 18.6 Å². The van der Waals surface area contributed by atoms with Gasteiger partial charge in [-0.3, -0.25) is 4.79 Å². The van der Waals surface area contributed by atoms with E-state index >= 15 is 0 Å². The van der Waals surface area contributed by atoms with Gasteiger partial charge in [0.15, 0.2) is 0 Å². The molecule has 2 aromatic carbocycles. The first-order valence-electron chi connectivity index (χ1n) is 7.36. The molecule has 0 aliphatic carbocycles. The van der Waals surface area contributed by atoms with Crippen LogP contribution in [0.4, 0.5) is 0 Å². The van der Waals surface area contributed by atoms with Gasteiger partial charge >= 0.3 is 0 Å². The SMILES string of the molecule is O=C(NC[C@H]1CC[C@H](c2ccccc2)O1)c1ccccc1. The predicted octanol–water partition coefficient (Wildman–Crippen LogP) is 3.34. The lowest BCUT2D eigenvalue weighted by atomic mass is 10.1. The summed E-state index contributed by atoms with van der Waals surface area (Å²) in [5, 5.41) is 2.95. The van der Waals surface area contributed by atoms with Crippen molar-refractivity contribution in [3.05, 3.63) is 71.8 Å². The highest BCUT2D eigenvalue weighted by Gasteiger charge is 2.26. The largest absolute Gasteiger partial charge is 0.368 e. The third-order valence-corrected chi connectivity index (χ3v) is 3.81. The first kappa shape index (κ1) is 13.8. The first-order valence-corrected chi connectivity index (χ1v) is 7.36. The van der Waals surface area contributed by atoms with Gasteiger partial charge in [-0.25, -0.2) is 0 Å². The number of carbonyl (C=O) groups is 1. The molecule has 1 saturated heterocycles. The van der Waals surface area contributed by atoms with Crippen molar-refractivity contribution in [2.75, 3.05) is 6.54 Å². The van der Waals surface area contributed by atoms with Gasteiger partial charge < -0.3 is 10.1 Å². The summed E-state index contributed by atoms with van der Waals surface area (Å²) < 4.78 is 6.02. The lowest BCUT2D eigenvalue weighted by molar-refractivity contribution is 0.0436. The van der Waals surface area contributed by atoms with E-state index in [9.17, 15) is 4.79 Å². The summed E-state index contributed by atoms with van der Waals surface area (Å²) in [7, 11) is 0. The van der Waals surface area contributed by atoms with Crippen LogP contribution in [0.2, 0.25) is 0 Å². The Bertz CT molecular complexity index is 583. The fourth-order valence-electron chi connectivity index (χ4n) is 2.67. The number of nitrogens with one attached hydrogen (secondary N) is 1. The summed E-state index contributed by atoms with van der Waals surface area (Å²) in [6.45, 7) is 0.567. The van der Waals surface area contributed by atoms with E-state index in [2.05, 4.69) is 17.4 Å². The van der Waals surface area contributed by atoms with E-state index in [-0.39, 0.29) is 18.1 Å². The lowest BCUT2D eigenvalue weighted by Gasteiger charge is -2.14. The summed E-state index contributed by atoms with van der Waals surface area (Å²) in [4.78, 5) is 12.0. The molecule has 0 unspecified atom stereocenters. The maximum absolute atomic E-state index is 12.0. The molecule has 1 aliphatic heterocycles. The van der Waals surface area contributed by atoms with Crippen molar-refractivity contribution < 1.29 is 9.53 Å². The van der Waals surface area contributed by atoms with Crippen molar-refractivity contribution in [2.24, 2.45) is 0 Å². The molecule has 1 aliphatic rings. The van der Waals surface area contributed by atoms with Crippen molar-refractivity contribution >= 4 is 5.91 Å². The highest BCUT2D eigenvalue weighted by atomic mass is 16.5. The minimum absolute atomic E-state index is 0.0395. The van der Waals surface area contributed by atoms with Gasteiger partial charge in [0, 0.05) is 12.1 Å². The van der Waals surface area contributed by atoms with Crippen LogP contribution >= 0.6 is 0 Å². The maximum Gasteiger partial charge on any atom is 0.251 e. The number of ether oxygens (including phenoxy) is 1. The van der Waals surface area contributed by atoms with Crippen LogP contribution in [0.1, 0.15) is 34.9 Å². The van der Waals surface area contributed by atoms with Gasteiger partial charge in [-0.2, -0.15) is 0 Å². The Morgan fingerprint density at radius 3 is 2.38 bits per heavy atom. The third kappa shape index (κ3) is 3.50. The zero-order valence-corrected chi connectivity index (χ0v) is 11.9. The number of hydrogen-bond acceptors (Lipinski definition) is 2. The van der Waals surface area contributed by atoms with Gasteiger partial charge in [0.25, 0.3) is 5.91 Å². The molecule has 3 rings (SSSR count). The van der Waals surface area contributed by atoms with Crippen molar-refractivity contribution in [1.29, 1.82) is 0 Å². The summed E-state index contributed by atoms with van der Waals surface area (Å²) in [6.07, 6.45) is 2.25. The molecule has 2 atom stereocenters. The van der Waals surface area contributed by atoms with Crippen molar-refractivity contribution in [3.63, 3.8) is 0 Å². The molecule has 2 aromatic rings. The fraction of sp³-hybridized carbons (Fsp3) is 0.278. The number of benzene rings is 2. The molecular formula is C18H19NO2. The molecule has 1 heterocycles. The van der Waals surface area contributed by atoms with E-state index in [1.54, 1.807) is 0 Å². The predicted molar refractivity (Wildman–Crippen MR) is 82.1 cm³/mol. The molecule has 3 heteroatoms. The Kier molecular flexibility index (Phi) is 4.31. The Hall–Kier alpha value is -2.13. The average Bonchev–Trinajstić information content (AvgIpc) is 3.03. The number of carbonyl (C=O) groups excluding carboxylic acids is 1. The highest BCUT2D eigenvalue weighted by Crippen LogP contribution is 2.32. The van der Waals surface area contributed by atoms with E-state index < -0.39 is 0 Å². The molecule has 0 saturated carbocycles. The molecule has 0 radical (unpaired) electrons. The van der Waals surface area contributed by atoms with Gasteiger partial charge in [0.05, 0.1) is 12.2 Å². The van der Waals surface area contributed by atoms with Crippen LogP contribution in [-0.2, 0) is 4.74 Å². The number of rotatable bonds is 4. The van der Waals surface area contributed by atoms with E-state index in [0.717, 1.165) is 12.8 Å². The van der Waals surface area contributed by atoms with Crippen LogP contribution in [0.3, 0.4) is 0 Å². The van der Waals surface area contributed by atoms with E-state index in [0.29, 0.717) is 12.1 Å². The van der Waals surface area contributed by atoms with Crippen LogP contribution in [0.25, 0.3) is 0 Å². The minimum atomic E-state index is -0.0395. The maximum atomic E-state index is 12.0. The smallest absolute Gasteiger partial charge is 0.251 e. The van der Waals surface area contributed by atoms with Gasteiger partial charge in [0.2, 0.25) is 0 Å². The highest BCUT2D eigenvalue weighted by molar-refractivity contribution is 5.94. The third-order valence-electron chi connectivity index (χ3n) is 3.81. The summed E-state index contributed by atoms with van der Waals surface area (Å²) >= 11 is 0. The quantitative estimate of drug-likeness (QED) is 0.933. The molecule has 108 valence electrons. The molecule has 1 amide bonds. The van der Waals surface area contributed by atoms with Crippen molar-refractivity contribution in [3.8, 4) is 0 Å². The van der Waals surface area contributed by atoms with Gasteiger partial charge in [-0.15, -0.1) is 0 Å². The van der Waals surface area contributed by atoms with Gasteiger partial charge in [-0.05, 0) is 30.5 Å². The monoisotopic (exact) mass is 281 g/mol. The summed E-state index contributed by atoms with van der Waals surface area (Å²) in [5.41, 5.74) is 1.91. The first-order chi connectivity index (χ1) is 10.3. The van der Waals surface area contributed by atoms with Crippen molar-refractivity contribution in [2.45, 2.75) is 25.0 Å². The van der Waals surface area contributed by atoms with Crippen LogP contribution < -0.4 is 5.32 Å². The summed E-state index contributed by atoms with van der Waals surface area (Å²) in [5.74, 6) is -0.0395. The standard InChI is InChI=1S/C18H19NO2/c20-18(15-9-5-2-6-10-15)19-13-16-11-12-17(21-16)14-7-3-1-4-8-14/h1-10,16-17H,11-13H2,(H,19,20)/t16-,17-/m1/s1. The second-order valence-electron chi connectivity index (χ2n) is 5.31. The minimum Gasteiger partial charge on any atom is -0.368 e. The van der Waals surface area contributed by atoms with Crippen molar-refractivity contribution in [1.82, 2.24) is 5.32 Å². The van der Waals surface area contributed by atoms with Crippen LogP contribution in [0.15, 0.2) is 60.7 Å². The van der Waals surface area contributed by atoms with Gasteiger partial charge in [0.1, 0.15) is 0 Å². The van der Waals surface area contributed by atoms with Crippen LogP contribution in [0, 0.1) is 0 Å². The lowest BCUT2D eigenvalue weighted by Crippen LogP contribution is -2.31. The number of amides is 1.